The third-order valence-corrected chi connectivity index (χ3v) is 3.72. The van der Waals surface area contributed by atoms with Crippen molar-refractivity contribution < 1.29 is 4.39 Å². The van der Waals surface area contributed by atoms with Crippen LogP contribution in [0.25, 0.3) is 0 Å². The second kappa shape index (κ2) is 6.23. The minimum atomic E-state index is -0.426. The molecule has 0 saturated carbocycles. The van der Waals surface area contributed by atoms with Crippen molar-refractivity contribution in [2.45, 2.75) is 12.5 Å². The molecule has 0 spiro atoms. The number of halogens is 4. The van der Waals surface area contributed by atoms with E-state index in [2.05, 4.69) is 15.9 Å². The normalized spacial score (nSPS) is 12.5. The fraction of sp³-hybridized carbons (Fsp3) is 0.143. The molecule has 5 heteroatoms. The average molecular weight is 363 g/mol. The van der Waals surface area contributed by atoms with Gasteiger partial charge in [-0.15, -0.1) is 0 Å². The van der Waals surface area contributed by atoms with Gasteiger partial charge in [-0.2, -0.15) is 0 Å². The van der Waals surface area contributed by atoms with Crippen molar-refractivity contribution in [3.05, 3.63) is 67.9 Å². The lowest BCUT2D eigenvalue weighted by molar-refractivity contribution is 0.626. The van der Waals surface area contributed by atoms with E-state index in [4.69, 9.17) is 28.9 Å². The third kappa shape index (κ3) is 3.93. The minimum Gasteiger partial charge on any atom is -0.324 e. The summed E-state index contributed by atoms with van der Waals surface area (Å²) in [6.07, 6.45) is 0.562. The highest BCUT2D eigenvalue weighted by Gasteiger charge is 2.10. The molecule has 1 unspecified atom stereocenters. The summed E-state index contributed by atoms with van der Waals surface area (Å²) in [5, 5.41) is 0.730. The maximum Gasteiger partial charge on any atom is 0.141 e. The molecule has 2 rings (SSSR count). The maximum atomic E-state index is 13.1. The van der Waals surface area contributed by atoms with Gasteiger partial charge in [0.25, 0.3) is 0 Å². The Hall–Kier alpha value is -0.610. The van der Waals surface area contributed by atoms with Crippen LogP contribution < -0.4 is 5.73 Å². The summed E-state index contributed by atoms with van der Waals surface area (Å²) in [5.41, 5.74) is 7.94. The summed E-state index contributed by atoms with van der Waals surface area (Å²) in [7, 11) is 0. The summed E-state index contributed by atoms with van der Waals surface area (Å²) >= 11 is 15.1. The predicted octanol–water partition coefficient (Wildman–Crippen LogP) is 5.14. The van der Waals surface area contributed by atoms with Crippen LogP contribution in [-0.4, -0.2) is 0 Å². The van der Waals surface area contributed by atoms with Crippen molar-refractivity contribution in [3.63, 3.8) is 0 Å². The molecule has 19 heavy (non-hydrogen) atoms. The molecular formula is C14H11BrCl2FN. The molecule has 0 fully saturated rings. The lowest BCUT2D eigenvalue weighted by Gasteiger charge is -2.13. The Kier molecular flexibility index (Phi) is 4.85. The number of hydrogen-bond donors (Lipinski definition) is 1. The zero-order chi connectivity index (χ0) is 14.0. The second-order valence-corrected chi connectivity index (χ2v) is 6.02. The fourth-order valence-electron chi connectivity index (χ4n) is 1.83. The van der Waals surface area contributed by atoms with Gasteiger partial charge in [-0.05, 0) is 47.9 Å². The molecule has 1 nitrogen and oxygen atoms in total. The predicted molar refractivity (Wildman–Crippen MR) is 81.2 cm³/mol. The van der Waals surface area contributed by atoms with Gasteiger partial charge >= 0.3 is 0 Å². The van der Waals surface area contributed by atoms with Gasteiger partial charge in [0.2, 0.25) is 0 Å². The Bertz CT molecular complexity index is 584. The van der Waals surface area contributed by atoms with Crippen molar-refractivity contribution >= 4 is 39.1 Å². The molecule has 0 saturated heterocycles. The molecule has 0 aliphatic heterocycles. The molecule has 100 valence electrons. The molecule has 0 aliphatic rings. The van der Waals surface area contributed by atoms with Crippen LogP contribution in [0, 0.1) is 5.82 Å². The van der Waals surface area contributed by atoms with Crippen LogP contribution in [0.4, 0.5) is 4.39 Å². The standard InChI is InChI=1S/C14H11BrCl2FN/c15-10-5-9(6-11(16)7-10)14(19)4-8-1-2-13(18)12(17)3-8/h1-3,5-7,14H,4,19H2. The molecule has 2 aromatic rings. The number of rotatable bonds is 3. The highest BCUT2D eigenvalue weighted by Crippen LogP contribution is 2.26. The molecule has 0 aliphatic carbocycles. The van der Waals surface area contributed by atoms with Crippen LogP contribution in [0.1, 0.15) is 17.2 Å². The Morgan fingerprint density at radius 2 is 1.89 bits per heavy atom. The largest absolute Gasteiger partial charge is 0.324 e. The third-order valence-electron chi connectivity index (χ3n) is 2.75. The summed E-state index contributed by atoms with van der Waals surface area (Å²) in [6.45, 7) is 0. The van der Waals surface area contributed by atoms with E-state index in [0.717, 1.165) is 15.6 Å². The molecule has 0 bridgehead atoms. The lowest BCUT2D eigenvalue weighted by atomic mass is 10.00. The van der Waals surface area contributed by atoms with Crippen molar-refractivity contribution in [2.24, 2.45) is 5.73 Å². The van der Waals surface area contributed by atoms with Gasteiger partial charge in [-0.1, -0.05) is 45.2 Å². The number of nitrogens with two attached hydrogens (primary N) is 1. The van der Waals surface area contributed by atoms with Gasteiger partial charge < -0.3 is 5.73 Å². The molecule has 0 amide bonds. The van der Waals surface area contributed by atoms with Crippen LogP contribution >= 0.6 is 39.1 Å². The quantitative estimate of drug-likeness (QED) is 0.803. The second-order valence-electron chi connectivity index (χ2n) is 4.26. The SMILES string of the molecule is NC(Cc1ccc(F)c(Cl)c1)c1cc(Cl)cc(Br)c1. The molecule has 0 heterocycles. The first-order valence-electron chi connectivity index (χ1n) is 5.61. The number of benzene rings is 2. The van der Waals surface area contributed by atoms with Crippen LogP contribution in [0.15, 0.2) is 40.9 Å². The highest BCUT2D eigenvalue weighted by atomic mass is 79.9. The molecule has 0 aromatic heterocycles. The smallest absolute Gasteiger partial charge is 0.141 e. The lowest BCUT2D eigenvalue weighted by Crippen LogP contribution is -2.13. The Balaban J connectivity index is 2.20. The first-order valence-corrected chi connectivity index (χ1v) is 7.16. The number of hydrogen-bond acceptors (Lipinski definition) is 1. The first kappa shape index (κ1) is 14.8. The van der Waals surface area contributed by atoms with E-state index in [0.29, 0.717) is 11.4 Å². The van der Waals surface area contributed by atoms with Crippen molar-refractivity contribution in [2.75, 3.05) is 0 Å². The van der Waals surface area contributed by atoms with Gasteiger partial charge in [0.15, 0.2) is 0 Å². The Morgan fingerprint density at radius 3 is 2.53 bits per heavy atom. The van der Waals surface area contributed by atoms with E-state index >= 15 is 0 Å². The monoisotopic (exact) mass is 361 g/mol. The van der Waals surface area contributed by atoms with Gasteiger partial charge in [0.05, 0.1) is 5.02 Å². The molecule has 2 aromatic carbocycles. The first-order chi connectivity index (χ1) is 8.95. The topological polar surface area (TPSA) is 26.0 Å². The van der Waals surface area contributed by atoms with Crippen LogP contribution in [0.2, 0.25) is 10.0 Å². The van der Waals surface area contributed by atoms with E-state index in [1.165, 1.54) is 6.07 Å². The minimum absolute atomic E-state index is 0.108. The fourth-order valence-corrected chi connectivity index (χ4v) is 2.92. The summed E-state index contributed by atoms with van der Waals surface area (Å²) in [4.78, 5) is 0. The highest BCUT2D eigenvalue weighted by molar-refractivity contribution is 9.10. The Morgan fingerprint density at radius 1 is 1.16 bits per heavy atom. The summed E-state index contributed by atoms with van der Waals surface area (Å²) < 4.78 is 14.0. The van der Waals surface area contributed by atoms with Gasteiger partial charge in [-0.25, -0.2) is 4.39 Å². The summed E-state index contributed by atoms with van der Waals surface area (Å²) in [5.74, 6) is -0.426. The zero-order valence-corrected chi connectivity index (χ0v) is 12.9. The van der Waals surface area contributed by atoms with E-state index in [9.17, 15) is 4.39 Å². The van der Waals surface area contributed by atoms with E-state index in [-0.39, 0.29) is 11.1 Å². The maximum absolute atomic E-state index is 13.1. The van der Waals surface area contributed by atoms with Crippen LogP contribution in [0.3, 0.4) is 0 Å². The average Bonchev–Trinajstić information content (AvgIpc) is 2.32. The van der Waals surface area contributed by atoms with Crippen LogP contribution in [0.5, 0.6) is 0 Å². The van der Waals surface area contributed by atoms with Crippen molar-refractivity contribution in [1.82, 2.24) is 0 Å². The summed E-state index contributed by atoms with van der Waals surface area (Å²) in [6, 6.07) is 9.93. The van der Waals surface area contributed by atoms with Crippen molar-refractivity contribution in [3.8, 4) is 0 Å². The molecule has 2 N–H and O–H groups in total. The van der Waals surface area contributed by atoms with Crippen molar-refractivity contribution in [1.29, 1.82) is 0 Å². The van der Waals surface area contributed by atoms with Gasteiger partial charge in [-0.3, -0.25) is 0 Å². The van der Waals surface area contributed by atoms with Gasteiger partial charge in [0.1, 0.15) is 5.82 Å². The molecular weight excluding hydrogens is 352 g/mol. The van der Waals surface area contributed by atoms with E-state index in [1.807, 2.05) is 12.1 Å². The molecule has 1 atom stereocenters. The van der Waals surface area contributed by atoms with Crippen LogP contribution in [-0.2, 0) is 6.42 Å². The zero-order valence-electron chi connectivity index (χ0n) is 9.84. The molecule has 0 radical (unpaired) electrons. The van der Waals surface area contributed by atoms with E-state index in [1.54, 1.807) is 18.2 Å². The van der Waals surface area contributed by atoms with E-state index < -0.39 is 5.82 Å². The Labute approximate surface area is 129 Å². The van der Waals surface area contributed by atoms with Gasteiger partial charge in [0, 0.05) is 15.5 Å².